The molecule has 0 saturated heterocycles. The van der Waals surface area contributed by atoms with Crippen molar-refractivity contribution in [3.8, 4) is 0 Å². The van der Waals surface area contributed by atoms with Crippen LogP contribution in [0.25, 0.3) is 0 Å². The SMILES string of the molecule is CC(Cc1ccccc1F)NCCCCOC(C)C. The van der Waals surface area contributed by atoms with Gasteiger partial charge in [0.05, 0.1) is 6.10 Å². The first-order valence-electron chi connectivity index (χ1n) is 7.18. The molecule has 0 aliphatic heterocycles. The van der Waals surface area contributed by atoms with E-state index < -0.39 is 0 Å². The largest absolute Gasteiger partial charge is 0.379 e. The van der Waals surface area contributed by atoms with Gasteiger partial charge in [0.25, 0.3) is 0 Å². The van der Waals surface area contributed by atoms with E-state index in [2.05, 4.69) is 26.1 Å². The van der Waals surface area contributed by atoms with E-state index in [0.717, 1.165) is 38.0 Å². The van der Waals surface area contributed by atoms with Crippen LogP contribution in [0.3, 0.4) is 0 Å². The summed E-state index contributed by atoms with van der Waals surface area (Å²) >= 11 is 0. The van der Waals surface area contributed by atoms with Crippen LogP contribution in [0.5, 0.6) is 0 Å². The predicted molar refractivity (Wildman–Crippen MR) is 77.9 cm³/mol. The van der Waals surface area contributed by atoms with Gasteiger partial charge in [-0.3, -0.25) is 0 Å². The van der Waals surface area contributed by atoms with Gasteiger partial charge in [0, 0.05) is 12.6 Å². The Kier molecular flexibility index (Phi) is 7.68. The molecular weight excluding hydrogens is 241 g/mol. The van der Waals surface area contributed by atoms with E-state index in [1.54, 1.807) is 6.07 Å². The van der Waals surface area contributed by atoms with E-state index in [9.17, 15) is 4.39 Å². The van der Waals surface area contributed by atoms with E-state index >= 15 is 0 Å². The Morgan fingerprint density at radius 2 is 1.89 bits per heavy atom. The molecule has 0 saturated carbocycles. The quantitative estimate of drug-likeness (QED) is 0.691. The zero-order valence-electron chi connectivity index (χ0n) is 12.3. The molecule has 0 bridgehead atoms. The summed E-state index contributed by atoms with van der Waals surface area (Å²) in [6, 6.07) is 7.28. The highest BCUT2D eigenvalue weighted by Crippen LogP contribution is 2.09. The number of benzene rings is 1. The van der Waals surface area contributed by atoms with Crippen molar-refractivity contribution in [3.05, 3.63) is 35.6 Å². The van der Waals surface area contributed by atoms with Crippen LogP contribution < -0.4 is 5.32 Å². The first-order valence-corrected chi connectivity index (χ1v) is 7.18. The minimum atomic E-state index is -0.110. The molecule has 108 valence electrons. The van der Waals surface area contributed by atoms with Gasteiger partial charge in [0.2, 0.25) is 0 Å². The molecular formula is C16H26FNO. The fourth-order valence-electron chi connectivity index (χ4n) is 1.96. The van der Waals surface area contributed by atoms with Gasteiger partial charge in [-0.1, -0.05) is 18.2 Å². The van der Waals surface area contributed by atoms with Crippen molar-refractivity contribution in [1.82, 2.24) is 5.32 Å². The van der Waals surface area contributed by atoms with Crippen LogP contribution in [0.4, 0.5) is 4.39 Å². The van der Waals surface area contributed by atoms with Crippen molar-refractivity contribution >= 4 is 0 Å². The van der Waals surface area contributed by atoms with Gasteiger partial charge >= 0.3 is 0 Å². The molecule has 0 aromatic heterocycles. The number of rotatable bonds is 9. The van der Waals surface area contributed by atoms with Crippen molar-refractivity contribution in [1.29, 1.82) is 0 Å². The second-order valence-electron chi connectivity index (χ2n) is 5.28. The van der Waals surface area contributed by atoms with E-state index in [-0.39, 0.29) is 5.82 Å². The highest BCUT2D eigenvalue weighted by molar-refractivity contribution is 5.18. The second-order valence-corrected chi connectivity index (χ2v) is 5.28. The Bertz CT molecular complexity index is 354. The lowest BCUT2D eigenvalue weighted by Crippen LogP contribution is -2.29. The lowest BCUT2D eigenvalue weighted by Gasteiger charge is -2.14. The summed E-state index contributed by atoms with van der Waals surface area (Å²) in [7, 11) is 0. The number of unbranched alkanes of at least 4 members (excludes halogenated alkanes) is 1. The van der Waals surface area contributed by atoms with E-state index in [4.69, 9.17) is 4.74 Å². The number of ether oxygens (including phenoxy) is 1. The molecule has 0 aliphatic rings. The second kappa shape index (κ2) is 9.05. The predicted octanol–water partition coefficient (Wildman–Crippen LogP) is 3.55. The molecule has 0 fully saturated rings. The number of hydrogen-bond donors (Lipinski definition) is 1. The van der Waals surface area contributed by atoms with Crippen LogP contribution in [0, 0.1) is 5.82 Å². The van der Waals surface area contributed by atoms with Crippen LogP contribution in [-0.2, 0) is 11.2 Å². The molecule has 0 radical (unpaired) electrons. The van der Waals surface area contributed by atoms with Gasteiger partial charge < -0.3 is 10.1 Å². The highest BCUT2D eigenvalue weighted by Gasteiger charge is 2.06. The van der Waals surface area contributed by atoms with E-state index in [1.165, 1.54) is 6.07 Å². The fourth-order valence-corrected chi connectivity index (χ4v) is 1.96. The van der Waals surface area contributed by atoms with Crippen LogP contribution in [-0.4, -0.2) is 25.3 Å². The molecule has 1 N–H and O–H groups in total. The first-order chi connectivity index (χ1) is 9.09. The molecule has 1 rings (SSSR count). The van der Waals surface area contributed by atoms with Crippen molar-refractivity contribution in [2.24, 2.45) is 0 Å². The standard InChI is InChI=1S/C16H26FNO/c1-13(2)19-11-7-6-10-18-14(3)12-15-8-4-5-9-16(15)17/h4-5,8-9,13-14,18H,6-7,10-12H2,1-3H3. The Morgan fingerprint density at radius 1 is 1.16 bits per heavy atom. The average molecular weight is 267 g/mol. The maximum absolute atomic E-state index is 13.5. The first kappa shape index (κ1) is 16.1. The molecule has 0 amide bonds. The van der Waals surface area contributed by atoms with Gasteiger partial charge in [0.15, 0.2) is 0 Å². The molecule has 1 aromatic rings. The third kappa shape index (κ3) is 7.28. The topological polar surface area (TPSA) is 21.3 Å². The summed E-state index contributed by atoms with van der Waals surface area (Å²) < 4.78 is 19.0. The molecule has 0 aliphatic carbocycles. The average Bonchev–Trinajstić information content (AvgIpc) is 2.36. The molecule has 1 unspecified atom stereocenters. The third-order valence-electron chi connectivity index (χ3n) is 3.00. The number of halogens is 1. The Balaban J connectivity index is 2.11. The number of hydrogen-bond acceptors (Lipinski definition) is 2. The van der Waals surface area contributed by atoms with Crippen molar-refractivity contribution in [2.75, 3.05) is 13.2 Å². The maximum Gasteiger partial charge on any atom is 0.126 e. The van der Waals surface area contributed by atoms with Crippen molar-refractivity contribution < 1.29 is 9.13 Å². The summed E-state index contributed by atoms with van der Waals surface area (Å²) in [5, 5.41) is 3.42. The van der Waals surface area contributed by atoms with Crippen LogP contribution in [0.1, 0.15) is 39.2 Å². The normalized spacial score (nSPS) is 12.9. The third-order valence-corrected chi connectivity index (χ3v) is 3.00. The zero-order valence-corrected chi connectivity index (χ0v) is 12.3. The summed E-state index contributed by atoms with van der Waals surface area (Å²) in [5.74, 6) is -0.110. The minimum Gasteiger partial charge on any atom is -0.379 e. The van der Waals surface area contributed by atoms with Gasteiger partial charge in [-0.15, -0.1) is 0 Å². The summed E-state index contributed by atoms with van der Waals surface area (Å²) in [6.45, 7) is 7.97. The maximum atomic E-state index is 13.5. The smallest absolute Gasteiger partial charge is 0.126 e. The minimum absolute atomic E-state index is 0.110. The van der Waals surface area contributed by atoms with Gasteiger partial charge in [0.1, 0.15) is 5.82 Å². The molecule has 0 spiro atoms. The monoisotopic (exact) mass is 267 g/mol. The van der Waals surface area contributed by atoms with Crippen LogP contribution in [0.2, 0.25) is 0 Å². The molecule has 2 nitrogen and oxygen atoms in total. The number of nitrogens with one attached hydrogen (secondary N) is 1. The van der Waals surface area contributed by atoms with Gasteiger partial charge in [-0.05, 0) is 58.2 Å². The summed E-state index contributed by atoms with van der Waals surface area (Å²) in [5.41, 5.74) is 0.783. The molecule has 1 aromatic carbocycles. The highest BCUT2D eigenvalue weighted by atomic mass is 19.1. The van der Waals surface area contributed by atoms with Gasteiger partial charge in [-0.2, -0.15) is 0 Å². The lowest BCUT2D eigenvalue weighted by atomic mass is 10.1. The summed E-state index contributed by atoms with van der Waals surface area (Å²) in [6.07, 6.45) is 3.20. The Labute approximate surface area is 116 Å². The van der Waals surface area contributed by atoms with E-state index in [1.807, 2.05) is 12.1 Å². The van der Waals surface area contributed by atoms with E-state index in [0.29, 0.717) is 12.1 Å². The molecule has 19 heavy (non-hydrogen) atoms. The van der Waals surface area contributed by atoms with Crippen molar-refractivity contribution in [3.63, 3.8) is 0 Å². The fraction of sp³-hybridized carbons (Fsp3) is 0.625. The Morgan fingerprint density at radius 3 is 2.58 bits per heavy atom. The Hall–Kier alpha value is -0.930. The van der Waals surface area contributed by atoms with Gasteiger partial charge in [-0.25, -0.2) is 4.39 Å². The molecule has 0 heterocycles. The van der Waals surface area contributed by atoms with Crippen LogP contribution in [0.15, 0.2) is 24.3 Å². The van der Waals surface area contributed by atoms with Crippen molar-refractivity contribution in [2.45, 2.75) is 52.2 Å². The summed E-state index contributed by atoms with van der Waals surface area (Å²) in [4.78, 5) is 0. The molecule has 3 heteroatoms. The lowest BCUT2D eigenvalue weighted by molar-refractivity contribution is 0.0759. The molecule has 1 atom stereocenters. The van der Waals surface area contributed by atoms with Crippen LogP contribution >= 0.6 is 0 Å². The zero-order chi connectivity index (χ0) is 14.1.